The number of hydrogen-bond donors (Lipinski definition) is 13. The molecule has 0 spiro atoms. The summed E-state index contributed by atoms with van der Waals surface area (Å²) in [5, 5.41) is 47.6. The Kier molecular flexibility index (Phi) is 28.3. The highest BCUT2D eigenvalue weighted by atomic mass is 32.2. The van der Waals surface area contributed by atoms with Crippen molar-refractivity contribution in [2.24, 2.45) is 26.7 Å². The fraction of sp³-hybridized carbons (Fsp3) is 0.708. The molecular formula is C48H90BN14O21P3S2. The summed E-state index contributed by atoms with van der Waals surface area (Å²) in [6.07, 6.45) is -3.32. The number of rotatable bonds is 31. The van der Waals surface area contributed by atoms with Crippen molar-refractivity contribution in [3.05, 3.63) is 24.0 Å². The van der Waals surface area contributed by atoms with E-state index >= 15 is 0 Å². The number of phosphoric ester groups is 2. The van der Waals surface area contributed by atoms with Crippen LogP contribution in [0.25, 0.3) is 0 Å². The van der Waals surface area contributed by atoms with Crippen LogP contribution in [-0.2, 0) is 74.3 Å². The fourth-order valence-corrected chi connectivity index (χ4v) is 12.8. The van der Waals surface area contributed by atoms with Gasteiger partial charge in [0.2, 0.25) is 31.2 Å². The zero-order chi connectivity index (χ0) is 66.1. The van der Waals surface area contributed by atoms with Crippen molar-refractivity contribution in [3.63, 3.8) is 0 Å². The predicted molar refractivity (Wildman–Crippen MR) is 336 cm³/mol. The van der Waals surface area contributed by atoms with Crippen molar-refractivity contribution in [1.29, 1.82) is 0 Å². The molecule has 13 N–H and O–H groups in total. The van der Waals surface area contributed by atoms with Gasteiger partial charge in [-0.15, -0.1) is 0 Å². The summed E-state index contributed by atoms with van der Waals surface area (Å²) in [4.78, 5) is 117. The third-order valence-electron chi connectivity index (χ3n) is 14.1. The van der Waals surface area contributed by atoms with Gasteiger partial charge in [-0.1, -0.05) is 58.1 Å². The number of amides is 4. The number of thioether (sulfide) groups is 2. The van der Waals surface area contributed by atoms with Crippen molar-refractivity contribution in [2.75, 3.05) is 95.0 Å². The van der Waals surface area contributed by atoms with E-state index in [9.17, 15) is 67.6 Å². The van der Waals surface area contributed by atoms with Gasteiger partial charge in [0.25, 0.3) is 7.47 Å². The van der Waals surface area contributed by atoms with Gasteiger partial charge in [-0.2, -0.15) is 0 Å². The van der Waals surface area contributed by atoms with Crippen molar-refractivity contribution in [2.45, 2.75) is 117 Å². The smallest absolute Gasteiger partial charge is 0.388 e. The highest BCUT2D eigenvalue weighted by Gasteiger charge is 2.46. The number of nitrogens with one attached hydrogen (secondary N) is 8. The Morgan fingerprint density at radius 3 is 1.87 bits per heavy atom. The number of phosphoric acid groups is 2. The van der Waals surface area contributed by atoms with Gasteiger partial charge in [-0.25, -0.2) is 23.4 Å². The van der Waals surface area contributed by atoms with Crippen LogP contribution in [0.5, 0.6) is 0 Å². The third-order valence-corrected chi connectivity index (χ3v) is 19.1. The van der Waals surface area contributed by atoms with Gasteiger partial charge >= 0.3 is 15.6 Å². The highest BCUT2D eigenvalue weighted by Crippen LogP contribution is 2.61. The molecule has 4 aliphatic heterocycles. The summed E-state index contributed by atoms with van der Waals surface area (Å²) >= 11 is 1.89. The zero-order valence-corrected chi connectivity index (χ0v) is 54.9. The van der Waals surface area contributed by atoms with Crippen LogP contribution in [0.1, 0.15) is 92.7 Å². The number of carbonyl (C=O) groups is 6. The van der Waals surface area contributed by atoms with E-state index in [1.807, 2.05) is 4.90 Å². The van der Waals surface area contributed by atoms with Crippen LogP contribution in [0.15, 0.2) is 22.6 Å². The predicted octanol–water partition coefficient (Wildman–Crippen LogP) is 0.860. The molecule has 2 fully saturated rings. The standard InChI is InChI=1S/C24H40BN7O13P2S.C24H40N7O8PS.5H2/c1-13(33)48-12-31-16(34)5-6-27-23(38)20(37)24(2,3)9-43-47(40,41)45-46(25,39)42-8-15-19(36)18(35)14(44-15)7-32-11-30-21(26-4)17-22(32)29-10-28-17;1-15(23(34)26-9-8-18(33)30-14-41-16(2)32)24(3,4)11-38-40(35,36)37-10-17-6-7-19(39-17)31-13-29-21(25-5)20-22(31)28-12-27-20;;;;;/h10,14-15,18-20,35-37H,5-9,11-12H2,1-4H3,(H,26,30)(H,27,38)(H,28,29)(H,31,34)(H,40,41);12,15,17,19H,6-11,13-14H2,1-5H3,(H,25,29)(H,26,34)(H,27,28)(H,30,33)(H,35,36);5*1H. The Balaban J connectivity index is 0.00000177. The Hall–Kier alpha value is -4.85. The number of aromatic amines is 2. The summed E-state index contributed by atoms with van der Waals surface area (Å²) in [5.41, 5.74) is -0.921. The Labute approximate surface area is 530 Å². The zero-order valence-electron chi connectivity index (χ0n) is 50.6. The molecule has 6 rings (SSSR count). The van der Waals surface area contributed by atoms with Crippen LogP contribution >= 0.6 is 46.6 Å². The lowest BCUT2D eigenvalue weighted by atomic mass is 9.80. The molecule has 11 atom stereocenters. The number of hydrogen-bond acceptors (Lipinski definition) is 27. The second kappa shape index (κ2) is 33.6. The minimum atomic E-state index is -5.21. The van der Waals surface area contributed by atoms with Gasteiger partial charge in [0.1, 0.15) is 59.8 Å². The molecule has 11 unspecified atom stereocenters. The van der Waals surface area contributed by atoms with E-state index in [0.29, 0.717) is 42.7 Å². The molecular weight excluding hydrogens is 1280 g/mol. The largest absolute Gasteiger partial charge is 0.478 e. The lowest BCUT2D eigenvalue weighted by molar-refractivity contribution is -0.137. The molecule has 0 bridgehead atoms. The number of amidine groups is 2. The van der Waals surface area contributed by atoms with Crippen LogP contribution in [0.2, 0.25) is 0 Å². The topological polar surface area (TPSA) is 480 Å². The quantitative estimate of drug-likeness (QED) is 0.0283. The first-order chi connectivity index (χ1) is 41.7. The Morgan fingerprint density at radius 2 is 1.28 bits per heavy atom. The molecule has 6 heterocycles. The van der Waals surface area contributed by atoms with Crippen LogP contribution in [0.4, 0.5) is 11.6 Å². The number of anilines is 2. The molecule has 2 radical (unpaired) electrons. The van der Waals surface area contributed by atoms with Crippen molar-refractivity contribution < 1.29 is 107 Å². The SMILES string of the molecule is CN=C1NCN(C2CCC(COP(=O)(O)OCC(C)(C)C(C)C(=O)NCCC(=O)NCSC(C)=O)O2)c2nc[nH]c21.[B]P(=O)(OCC1OC(CN2CNC(=NC)c3[nH]cnc32)C(O)C1O)OP(=O)(O)OCC(C)(C)C(O)C(=O)NCCC(=O)NCSC(C)=O.[HH].[HH].[HH].[HH].[HH]. The number of aliphatic imine (C=N–C) groups is 2. The van der Waals surface area contributed by atoms with Crippen LogP contribution in [-0.4, -0.2) is 226 Å². The maximum atomic E-state index is 12.7. The second-order valence-electron chi connectivity index (χ2n) is 21.8. The minimum absolute atomic E-state index is 0. The molecule has 4 amide bonds. The number of aliphatic hydroxyl groups excluding tert-OH is 3. The van der Waals surface area contributed by atoms with E-state index in [1.54, 1.807) is 46.1 Å². The third kappa shape index (κ3) is 23.0. The molecule has 0 aliphatic carbocycles. The molecule has 4 aliphatic rings. The maximum absolute atomic E-state index is 12.7. The lowest BCUT2D eigenvalue weighted by Crippen LogP contribution is -2.49. The van der Waals surface area contributed by atoms with Crippen LogP contribution < -0.4 is 41.7 Å². The van der Waals surface area contributed by atoms with Gasteiger partial charge in [0, 0.05) is 77.8 Å². The molecule has 0 aromatic carbocycles. The van der Waals surface area contributed by atoms with Gasteiger partial charge in [-0.3, -0.25) is 56.9 Å². The normalized spacial score (nSPS) is 23.6. The number of aliphatic hydroxyl groups is 3. The van der Waals surface area contributed by atoms with Crippen molar-refractivity contribution in [1.82, 2.24) is 51.8 Å². The molecule has 2 aromatic rings. The molecule has 41 heteroatoms. The van der Waals surface area contributed by atoms with E-state index in [0.717, 1.165) is 35.0 Å². The number of H-pyrrole nitrogens is 2. The Morgan fingerprint density at radius 1 is 0.753 bits per heavy atom. The van der Waals surface area contributed by atoms with Crippen LogP contribution in [0, 0.1) is 16.7 Å². The monoisotopic (exact) mass is 1370 g/mol. The van der Waals surface area contributed by atoms with E-state index < -0.39 is 102 Å². The summed E-state index contributed by atoms with van der Waals surface area (Å²) in [5.74, 6) is 0.244. The molecule has 89 heavy (non-hydrogen) atoms. The van der Waals surface area contributed by atoms with Gasteiger partial charge in [-0.05, 0) is 12.8 Å². The lowest BCUT2D eigenvalue weighted by Gasteiger charge is -2.33. The summed E-state index contributed by atoms with van der Waals surface area (Å²) in [6.45, 7) is 9.50. The van der Waals surface area contributed by atoms with Crippen molar-refractivity contribution in [3.8, 4) is 0 Å². The van der Waals surface area contributed by atoms with Gasteiger partial charge in [0.05, 0.1) is 76.8 Å². The number of carbonyl (C=O) groups excluding carboxylic acids is 6. The number of aromatic nitrogens is 4. The van der Waals surface area contributed by atoms with Gasteiger partial charge in [0.15, 0.2) is 21.9 Å². The highest BCUT2D eigenvalue weighted by molar-refractivity contribution is 8.13. The average Bonchev–Trinajstić information content (AvgIpc) is 1.62. The van der Waals surface area contributed by atoms with E-state index in [4.69, 9.17) is 35.1 Å². The van der Waals surface area contributed by atoms with E-state index in [1.165, 1.54) is 34.0 Å². The van der Waals surface area contributed by atoms with Gasteiger partial charge < -0.3 is 90.8 Å². The molecule has 2 saturated heterocycles. The van der Waals surface area contributed by atoms with Crippen molar-refractivity contribution >= 4 is 111 Å². The summed E-state index contributed by atoms with van der Waals surface area (Å²) in [6, 6.07) is 0. The molecule has 35 nitrogen and oxygen atoms in total. The molecule has 2 aromatic heterocycles. The van der Waals surface area contributed by atoms with E-state index in [-0.39, 0.29) is 99.5 Å². The minimum Gasteiger partial charge on any atom is -0.388 e. The summed E-state index contributed by atoms with van der Waals surface area (Å²) < 4.78 is 74.4. The maximum Gasteiger partial charge on any atom is 0.478 e. The number of imidazole rings is 2. The Bertz CT molecular complexity index is 3010. The fourth-order valence-electron chi connectivity index (χ4n) is 8.63. The number of ether oxygens (including phenoxy) is 2. The molecule has 0 saturated carbocycles. The number of fused-ring (bicyclic) bond motifs is 2. The second-order valence-corrected chi connectivity index (χ2v) is 28.8. The first-order valence-corrected chi connectivity index (χ1v) is 34.3. The number of nitrogens with zero attached hydrogens (tertiary/aromatic N) is 6. The average molecular weight is 1370 g/mol. The van der Waals surface area contributed by atoms with Crippen LogP contribution in [0.3, 0.4) is 0 Å². The van der Waals surface area contributed by atoms with E-state index in [2.05, 4.69) is 66.1 Å². The first-order valence-electron chi connectivity index (χ1n) is 27.7. The first kappa shape index (κ1) is 74.9. The molecule has 508 valence electrons. The summed E-state index contributed by atoms with van der Waals surface area (Å²) in [7, 11) is -5.69.